The van der Waals surface area contributed by atoms with Crippen LogP contribution in [-0.4, -0.2) is 59.6 Å². The number of carbonyl (C=O) groups is 1. The van der Waals surface area contributed by atoms with Gasteiger partial charge < -0.3 is 14.4 Å². The second kappa shape index (κ2) is 5.78. The molecule has 0 unspecified atom stereocenters. The van der Waals surface area contributed by atoms with Crippen molar-refractivity contribution < 1.29 is 14.3 Å². The molecule has 3 aromatic heterocycles. The minimum absolute atomic E-state index is 0.239. The molecule has 1 amide bonds. The molecule has 1 saturated heterocycles. The quantitative estimate of drug-likeness (QED) is 0.734. The lowest BCUT2D eigenvalue weighted by Crippen LogP contribution is -2.61. The molecular formula is C16H16N6O3. The summed E-state index contributed by atoms with van der Waals surface area (Å²) >= 11 is 0. The van der Waals surface area contributed by atoms with E-state index in [1.54, 1.807) is 25.5 Å². The highest BCUT2D eigenvalue weighted by atomic mass is 16.3. The fourth-order valence-corrected chi connectivity index (χ4v) is 2.72. The summed E-state index contributed by atoms with van der Waals surface area (Å²) < 4.78 is 5.37. The summed E-state index contributed by atoms with van der Waals surface area (Å²) in [6, 6.07) is 3.68. The summed E-state index contributed by atoms with van der Waals surface area (Å²) in [6.07, 6.45) is 6.56. The predicted octanol–water partition coefficient (Wildman–Crippen LogP) is 0.448. The lowest BCUT2D eigenvalue weighted by atomic mass is 9.97. The molecule has 3 aromatic rings. The van der Waals surface area contributed by atoms with Crippen molar-refractivity contribution in [2.45, 2.75) is 18.9 Å². The van der Waals surface area contributed by atoms with Gasteiger partial charge in [0.1, 0.15) is 12.0 Å². The predicted molar refractivity (Wildman–Crippen MR) is 85.0 cm³/mol. The highest BCUT2D eigenvalue weighted by Crippen LogP contribution is 2.22. The van der Waals surface area contributed by atoms with Crippen molar-refractivity contribution in [2.24, 2.45) is 0 Å². The van der Waals surface area contributed by atoms with Gasteiger partial charge in [0.25, 0.3) is 5.91 Å². The van der Waals surface area contributed by atoms with Gasteiger partial charge in [-0.05, 0) is 19.1 Å². The van der Waals surface area contributed by atoms with E-state index in [1.807, 2.05) is 12.1 Å². The van der Waals surface area contributed by atoms with Crippen molar-refractivity contribution in [3.63, 3.8) is 0 Å². The van der Waals surface area contributed by atoms with Crippen LogP contribution in [0.4, 0.5) is 0 Å². The Morgan fingerprint density at radius 2 is 2.08 bits per heavy atom. The number of carbonyl (C=O) groups excluding carboxylic acids is 1. The SMILES string of the molecule is CC1(O)CN(C(=O)c2coc(Cc3ccc(-n4nccn4)cn3)n2)C1. The molecule has 0 bridgehead atoms. The Hall–Kier alpha value is -3.07. The lowest BCUT2D eigenvalue weighted by molar-refractivity contribution is -0.0670. The van der Waals surface area contributed by atoms with Gasteiger partial charge in [0.05, 0.1) is 43.7 Å². The van der Waals surface area contributed by atoms with E-state index in [4.69, 9.17) is 4.42 Å². The molecule has 9 nitrogen and oxygen atoms in total. The van der Waals surface area contributed by atoms with E-state index in [0.29, 0.717) is 25.4 Å². The first-order valence-corrected chi connectivity index (χ1v) is 7.78. The zero-order chi connectivity index (χ0) is 17.4. The van der Waals surface area contributed by atoms with E-state index < -0.39 is 5.60 Å². The van der Waals surface area contributed by atoms with Gasteiger partial charge in [-0.3, -0.25) is 9.78 Å². The molecule has 0 radical (unpaired) electrons. The first-order chi connectivity index (χ1) is 12.0. The number of oxazole rings is 1. The van der Waals surface area contributed by atoms with E-state index >= 15 is 0 Å². The van der Waals surface area contributed by atoms with Crippen LogP contribution in [-0.2, 0) is 6.42 Å². The van der Waals surface area contributed by atoms with Crippen LogP contribution in [0.5, 0.6) is 0 Å². The molecular weight excluding hydrogens is 324 g/mol. The van der Waals surface area contributed by atoms with Crippen molar-refractivity contribution in [3.05, 3.63) is 54.3 Å². The fourth-order valence-electron chi connectivity index (χ4n) is 2.72. The topological polar surface area (TPSA) is 110 Å². The fraction of sp³-hybridized carbons (Fsp3) is 0.312. The van der Waals surface area contributed by atoms with Crippen LogP contribution in [0.1, 0.15) is 29.0 Å². The summed E-state index contributed by atoms with van der Waals surface area (Å²) in [6.45, 7) is 2.30. The van der Waals surface area contributed by atoms with Crippen molar-refractivity contribution in [2.75, 3.05) is 13.1 Å². The second-order valence-electron chi connectivity index (χ2n) is 6.29. The summed E-state index contributed by atoms with van der Waals surface area (Å²) in [4.78, 5) is 23.8. The van der Waals surface area contributed by atoms with Gasteiger partial charge in [0.15, 0.2) is 5.69 Å². The molecule has 0 atom stereocenters. The number of aromatic nitrogens is 5. The molecule has 4 rings (SSSR count). The third-order valence-electron chi connectivity index (χ3n) is 3.91. The summed E-state index contributed by atoms with van der Waals surface area (Å²) in [5.41, 5.74) is 0.936. The molecule has 0 spiro atoms. The molecule has 128 valence electrons. The van der Waals surface area contributed by atoms with Crippen LogP contribution < -0.4 is 0 Å². The van der Waals surface area contributed by atoms with Crippen LogP contribution in [0.3, 0.4) is 0 Å². The number of aliphatic hydroxyl groups is 1. The summed E-state index contributed by atoms with van der Waals surface area (Å²) in [7, 11) is 0. The highest BCUT2D eigenvalue weighted by molar-refractivity contribution is 5.92. The van der Waals surface area contributed by atoms with Gasteiger partial charge in [0, 0.05) is 5.69 Å². The van der Waals surface area contributed by atoms with Crippen LogP contribution in [0.25, 0.3) is 5.69 Å². The molecule has 9 heteroatoms. The van der Waals surface area contributed by atoms with Gasteiger partial charge in [-0.1, -0.05) is 0 Å². The molecule has 0 aliphatic carbocycles. The van der Waals surface area contributed by atoms with Crippen LogP contribution in [0.2, 0.25) is 0 Å². The molecule has 1 N–H and O–H groups in total. The summed E-state index contributed by atoms with van der Waals surface area (Å²) in [5, 5.41) is 17.8. The first kappa shape index (κ1) is 15.5. The number of hydrogen-bond donors (Lipinski definition) is 1. The largest absolute Gasteiger partial charge is 0.448 e. The zero-order valence-electron chi connectivity index (χ0n) is 13.5. The van der Waals surface area contributed by atoms with Gasteiger partial charge >= 0.3 is 0 Å². The molecule has 0 aromatic carbocycles. The number of amides is 1. The van der Waals surface area contributed by atoms with Crippen molar-refractivity contribution in [1.29, 1.82) is 0 Å². The molecule has 1 aliphatic rings. The van der Waals surface area contributed by atoms with Crippen molar-refractivity contribution in [1.82, 2.24) is 29.9 Å². The van der Waals surface area contributed by atoms with Gasteiger partial charge in [0.2, 0.25) is 5.89 Å². The van der Waals surface area contributed by atoms with Gasteiger partial charge in [-0.25, -0.2) is 4.98 Å². The molecule has 0 saturated carbocycles. The zero-order valence-corrected chi connectivity index (χ0v) is 13.5. The average Bonchev–Trinajstić information content (AvgIpc) is 3.24. The number of hydrogen-bond acceptors (Lipinski definition) is 7. The standard InChI is InChI=1S/C16H16N6O3/c1-16(24)9-21(10-16)15(23)13-8-25-14(20-13)6-11-2-3-12(7-17-11)22-18-4-5-19-22/h2-5,7-8,24H,6,9-10H2,1H3. The Bertz CT molecular complexity index is 877. The normalized spacial score (nSPS) is 15.8. The maximum Gasteiger partial charge on any atom is 0.276 e. The Morgan fingerprint density at radius 3 is 2.72 bits per heavy atom. The van der Waals surface area contributed by atoms with Gasteiger partial charge in [-0.2, -0.15) is 15.0 Å². The van der Waals surface area contributed by atoms with E-state index in [1.165, 1.54) is 16.0 Å². The smallest absolute Gasteiger partial charge is 0.276 e. The van der Waals surface area contributed by atoms with Crippen LogP contribution >= 0.6 is 0 Å². The Balaban J connectivity index is 1.42. The minimum Gasteiger partial charge on any atom is -0.448 e. The Morgan fingerprint density at radius 1 is 1.32 bits per heavy atom. The third kappa shape index (κ3) is 3.13. The van der Waals surface area contributed by atoms with Crippen molar-refractivity contribution >= 4 is 5.91 Å². The van der Waals surface area contributed by atoms with E-state index in [9.17, 15) is 9.90 Å². The maximum atomic E-state index is 12.2. The second-order valence-corrected chi connectivity index (χ2v) is 6.29. The van der Waals surface area contributed by atoms with E-state index in [-0.39, 0.29) is 11.6 Å². The number of pyridine rings is 1. The van der Waals surface area contributed by atoms with E-state index in [2.05, 4.69) is 20.2 Å². The highest BCUT2D eigenvalue weighted by Gasteiger charge is 2.40. The van der Waals surface area contributed by atoms with E-state index in [0.717, 1.165) is 11.4 Å². The average molecular weight is 340 g/mol. The molecule has 1 aliphatic heterocycles. The Labute approximate surface area is 142 Å². The molecule has 4 heterocycles. The minimum atomic E-state index is -0.808. The number of nitrogens with zero attached hydrogens (tertiary/aromatic N) is 6. The number of likely N-dealkylation sites (tertiary alicyclic amines) is 1. The third-order valence-corrected chi connectivity index (χ3v) is 3.91. The molecule has 1 fully saturated rings. The summed E-state index contributed by atoms with van der Waals surface area (Å²) in [5.74, 6) is 0.169. The van der Waals surface area contributed by atoms with Crippen LogP contribution in [0.15, 0.2) is 41.4 Å². The van der Waals surface area contributed by atoms with Crippen molar-refractivity contribution in [3.8, 4) is 5.69 Å². The number of rotatable bonds is 4. The monoisotopic (exact) mass is 340 g/mol. The Kier molecular flexibility index (Phi) is 3.57. The lowest BCUT2D eigenvalue weighted by Gasteiger charge is -2.43. The maximum absolute atomic E-state index is 12.2. The van der Waals surface area contributed by atoms with Crippen LogP contribution in [0, 0.1) is 0 Å². The first-order valence-electron chi connectivity index (χ1n) is 7.78. The number of β-amino-alcohol motifs (C(OH)–C–C–N with tert-alkyl or cyclic N) is 1. The van der Waals surface area contributed by atoms with Gasteiger partial charge in [-0.15, -0.1) is 0 Å². The molecule has 25 heavy (non-hydrogen) atoms.